The first kappa shape index (κ1) is 13.4. The maximum absolute atomic E-state index is 13.1. The Kier molecular flexibility index (Phi) is 4.84. The van der Waals surface area contributed by atoms with Gasteiger partial charge in [-0.15, -0.1) is 6.58 Å². The second-order valence-corrected chi connectivity index (χ2v) is 3.91. The van der Waals surface area contributed by atoms with Gasteiger partial charge in [-0.1, -0.05) is 5.57 Å². The van der Waals surface area contributed by atoms with Gasteiger partial charge in [-0.05, 0) is 37.1 Å². The van der Waals surface area contributed by atoms with Crippen LogP contribution in [0.5, 0.6) is 0 Å². The molecule has 0 fully saturated rings. The van der Waals surface area contributed by atoms with Gasteiger partial charge in [-0.3, -0.25) is 0 Å². The van der Waals surface area contributed by atoms with Crippen LogP contribution < -0.4 is 0 Å². The van der Waals surface area contributed by atoms with Gasteiger partial charge in [0, 0.05) is 0 Å². The van der Waals surface area contributed by atoms with E-state index in [1.807, 2.05) is 6.92 Å². The molecular weight excluding hydrogens is 223 g/mol. The summed E-state index contributed by atoms with van der Waals surface area (Å²) in [7, 11) is 0. The molecular formula is C13H15FO3. The average molecular weight is 238 g/mol. The van der Waals surface area contributed by atoms with E-state index in [1.54, 1.807) is 0 Å². The quantitative estimate of drug-likeness (QED) is 0.612. The summed E-state index contributed by atoms with van der Waals surface area (Å²) >= 11 is 0. The fraction of sp³-hybridized carbons (Fsp3) is 0.308. The maximum Gasteiger partial charge on any atom is 0.335 e. The highest BCUT2D eigenvalue weighted by Crippen LogP contribution is 2.11. The second kappa shape index (κ2) is 6.15. The molecule has 1 aromatic rings. The molecule has 1 rings (SSSR count). The third-order valence-electron chi connectivity index (χ3n) is 2.15. The van der Waals surface area contributed by atoms with Crippen LogP contribution in [0.4, 0.5) is 4.39 Å². The van der Waals surface area contributed by atoms with Crippen LogP contribution >= 0.6 is 0 Å². The summed E-state index contributed by atoms with van der Waals surface area (Å²) in [4.78, 5) is 10.7. The molecule has 1 aromatic carbocycles. The molecule has 0 aliphatic rings. The monoisotopic (exact) mass is 238 g/mol. The van der Waals surface area contributed by atoms with Crippen LogP contribution in [-0.4, -0.2) is 17.7 Å². The van der Waals surface area contributed by atoms with Crippen LogP contribution in [0.2, 0.25) is 0 Å². The largest absolute Gasteiger partial charge is 0.478 e. The first-order valence-corrected chi connectivity index (χ1v) is 5.24. The Hall–Kier alpha value is -1.68. The summed E-state index contributed by atoms with van der Waals surface area (Å²) in [5.41, 5.74) is 1.46. The number of carbonyl (C=O) groups is 1. The van der Waals surface area contributed by atoms with Crippen LogP contribution in [-0.2, 0) is 11.3 Å². The van der Waals surface area contributed by atoms with Gasteiger partial charge in [0.15, 0.2) is 0 Å². The average Bonchev–Trinajstić information content (AvgIpc) is 2.23. The molecule has 0 aromatic heterocycles. The van der Waals surface area contributed by atoms with Crippen LogP contribution in [0.15, 0.2) is 30.4 Å². The summed E-state index contributed by atoms with van der Waals surface area (Å²) in [6, 6.07) is 3.67. The predicted octanol–water partition coefficient (Wildman–Crippen LogP) is 3.01. The summed E-state index contributed by atoms with van der Waals surface area (Å²) < 4.78 is 18.4. The van der Waals surface area contributed by atoms with Crippen molar-refractivity contribution in [3.63, 3.8) is 0 Å². The van der Waals surface area contributed by atoms with E-state index in [-0.39, 0.29) is 12.2 Å². The molecule has 17 heavy (non-hydrogen) atoms. The van der Waals surface area contributed by atoms with Crippen molar-refractivity contribution < 1.29 is 19.0 Å². The van der Waals surface area contributed by atoms with Gasteiger partial charge in [-0.2, -0.15) is 0 Å². The Morgan fingerprint density at radius 3 is 2.76 bits per heavy atom. The summed E-state index contributed by atoms with van der Waals surface area (Å²) in [6.07, 6.45) is 0.737. The zero-order chi connectivity index (χ0) is 12.8. The zero-order valence-corrected chi connectivity index (χ0v) is 9.70. The molecule has 0 saturated carbocycles. The number of carboxylic acid groups (broad SMARTS) is 1. The van der Waals surface area contributed by atoms with E-state index < -0.39 is 11.8 Å². The minimum atomic E-state index is -1.15. The van der Waals surface area contributed by atoms with E-state index in [1.165, 1.54) is 12.1 Å². The van der Waals surface area contributed by atoms with E-state index >= 15 is 0 Å². The lowest BCUT2D eigenvalue weighted by Crippen LogP contribution is -2.01. The lowest BCUT2D eigenvalue weighted by molar-refractivity contribution is 0.0695. The second-order valence-electron chi connectivity index (χ2n) is 3.91. The molecule has 0 saturated heterocycles. The fourth-order valence-corrected chi connectivity index (χ4v) is 1.29. The van der Waals surface area contributed by atoms with Gasteiger partial charge >= 0.3 is 5.97 Å². The molecule has 3 nitrogen and oxygen atoms in total. The van der Waals surface area contributed by atoms with E-state index in [9.17, 15) is 9.18 Å². The van der Waals surface area contributed by atoms with Gasteiger partial charge in [0.05, 0.1) is 18.8 Å². The van der Waals surface area contributed by atoms with Crippen molar-refractivity contribution in [2.75, 3.05) is 6.61 Å². The normalized spacial score (nSPS) is 10.2. The predicted molar refractivity (Wildman–Crippen MR) is 62.4 cm³/mol. The van der Waals surface area contributed by atoms with Gasteiger partial charge < -0.3 is 9.84 Å². The number of hydrogen-bond acceptors (Lipinski definition) is 2. The molecule has 0 atom stereocenters. The summed E-state index contributed by atoms with van der Waals surface area (Å²) in [5, 5.41) is 8.76. The Morgan fingerprint density at radius 2 is 2.18 bits per heavy atom. The van der Waals surface area contributed by atoms with Crippen molar-refractivity contribution in [2.45, 2.75) is 20.0 Å². The van der Waals surface area contributed by atoms with Gasteiger partial charge in [0.1, 0.15) is 5.82 Å². The SMILES string of the molecule is C=C(C)CCOCc1cc(F)cc(C(=O)O)c1. The molecule has 0 aliphatic heterocycles. The zero-order valence-electron chi connectivity index (χ0n) is 9.70. The minimum Gasteiger partial charge on any atom is -0.478 e. The van der Waals surface area contributed by atoms with Crippen LogP contribution in [0.1, 0.15) is 29.3 Å². The number of benzene rings is 1. The van der Waals surface area contributed by atoms with E-state index in [0.717, 1.165) is 18.1 Å². The van der Waals surface area contributed by atoms with Crippen LogP contribution in [0, 0.1) is 5.82 Å². The molecule has 4 heteroatoms. The number of carboxylic acids is 1. The van der Waals surface area contributed by atoms with Crippen molar-refractivity contribution in [3.8, 4) is 0 Å². The standard InChI is InChI=1S/C13H15FO3/c1-9(2)3-4-17-8-10-5-11(13(15)16)7-12(14)6-10/h5-7H,1,3-4,8H2,2H3,(H,15,16). The highest BCUT2D eigenvalue weighted by Gasteiger charge is 2.07. The van der Waals surface area contributed by atoms with Crippen molar-refractivity contribution in [1.82, 2.24) is 0 Å². The van der Waals surface area contributed by atoms with Crippen LogP contribution in [0.3, 0.4) is 0 Å². The van der Waals surface area contributed by atoms with Gasteiger partial charge in [0.25, 0.3) is 0 Å². The van der Waals surface area contributed by atoms with Crippen LogP contribution in [0.25, 0.3) is 0 Å². The number of halogens is 1. The highest BCUT2D eigenvalue weighted by molar-refractivity contribution is 5.87. The van der Waals surface area contributed by atoms with E-state index in [0.29, 0.717) is 12.2 Å². The molecule has 0 amide bonds. The van der Waals surface area contributed by atoms with Crippen molar-refractivity contribution in [1.29, 1.82) is 0 Å². The number of hydrogen-bond donors (Lipinski definition) is 1. The van der Waals surface area contributed by atoms with Gasteiger partial charge in [-0.25, -0.2) is 9.18 Å². The Morgan fingerprint density at radius 1 is 1.47 bits per heavy atom. The number of rotatable bonds is 6. The fourth-order valence-electron chi connectivity index (χ4n) is 1.29. The molecule has 92 valence electrons. The van der Waals surface area contributed by atoms with E-state index in [2.05, 4.69) is 6.58 Å². The maximum atomic E-state index is 13.1. The first-order valence-electron chi connectivity index (χ1n) is 5.24. The Labute approximate surface area is 99.5 Å². The van der Waals surface area contributed by atoms with Crippen molar-refractivity contribution >= 4 is 5.97 Å². The highest BCUT2D eigenvalue weighted by atomic mass is 19.1. The minimum absolute atomic E-state index is 0.0662. The smallest absolute Gasteiger partial charge is 0.335 e. The molecule has 0 spiro atoms. The Bertz CT molecular complexity index is 427. The Balaban J connectivity index is 2.59. The molecule has 0 unspecified atom stereocenters. The first-order chi connectivity index (χ1) is 7.99. The lowest BCUT2D eigenvalue weighted by Gasteiger charge is -2.05. The van der Waals surface area contributed by atoms with Crippen molar-refractivity contribution in [2.24, 2.45) is 0 Å². The summed E-state index contributed by atoms with van der Waals surface area (Å²) in [6.45, 7) is 6.32. The molecule has 0 aliphatic carbocycles. The topological polar surface area (TPSA) is 46.5 Å². The molecule has 0 radical (unpaired) electrons. The third kappa shape index (κ3) is 4.78. The van der Waals surface area contributed by atoms with E-state index in [4.69, 9.17) is 9.84 Å². The van der Waals surface area contributed by atoms with Crippen molar-refractivity contribution in [3.05, 3.63) is 47.3 Å². The third-order valence-corrected chi connectivity index (χ3v) is 2.15. The number of aromatic carboxylic acids is 1. The summed E-state index contributed by atoms with van der Waals surface area (Å²) in [5.74, 6) is -1.71. The molecule has 0 heterocycles. The van der Waals surface area contributed by atoms with Gasteiger partial charge in [0.2, 0.25) is 0 Å². The number of ether oxygens (including phenoxy) is 1. The lowest BCUT2D eigenvalue weighted by atomic mass is 10.1. The molecule has 0 bridgehead atoms. The molecule has 1 N–H and O–H groups in total.